The minimum atomic E-state index is -1.27. The van der Waals surface area contributed by atoms with Crippen molar-refractivity contribution in [1.29, 1.82) is 0 Å². The number of aromatic carboxylic acids is 1. The zero-order chi connectivity index (χ0) is 15.9. The molecule has 2 N–H and O–H groups in total. The zero-order valence-electron chi connectivity index (χ0n) is 11.2. The molecule has 22 heavy (non-hydrogen) atoms. The predicted octanol–water partition coefficient (Wildman–Crippen LogP) is 3.72. The number of benzene rings is 2. The number of hydrogen-bond acceptors (Lipinski definition) is 5. The second-order valence-corrected chi connectivity index (χ2v) is 5.88. The van der Waals surface area contributed by atoms with E-state index >= 15 is 0 Å². The lowest BCUT2D eigenvalue weighted by Gasteiger charge is -2.13. The number of carboxylic acid groups (broad SMARTS) is 1. The van der Waals surface area contributed by atoms with Gasteiger partial charge in [0.1, 0.15) is 5.52 Å². The number of carboxylic acids is 1. The average molecular weight is 413 g/mol. The average Bonchev–Trinajstić information content (AvgIpc) is 2.92. The van der Waals surface area contributed by atoms with Gasteiger partial charge in [-0.1, -0.05) is 0 Å². The molecule has 0 aliphatic heterocycles. The molecule has 0 unspecified atom stereocenters. The van der Waals surface area contributed by atoms with Gasteiger partial charge < -0.3 is 10.4 Å². The fourth-order valence-corrected chi connectivity index (χ4v) is 2.73. The third-order valence-electron chi connectivity index (χ3n) is 3.17. The summed E-state index contributed by atoms with van der Waals surface area (Å²) in [6.07, 6.45) is 0. The Morgan fingerprint density at radius 2 is 2.14 bits per heavy atom. The highest BCUT2D eigenvalue weighted by molar-refractivity contribution is 14.1. The number of nitrogens with one attached hydrogen (secondary N) is 1. The lowest BCUT2D eigenvalue weighted by Crippen LogP contribution is -2.06. The van der Waals surface area contributed by atoms with Crippen LogP contribution in [-0.4, -0.2) is 21.4 Å². The molecule has 112 valence electrons. The molecule has 3 aromatic rings. The molecule has 0 aliphatic carbocycles. The third kappa shape index (κ3) is 2.49. The van der Waals surface area contributed by atoms with E-state index in [2.05, 4.69) is 42.9 Å². The Kier molecular flexibility index (Phi) is 3.69. The van der Waals surface area contributed by atoms with E-state index < -0.39 is 11.8 Å². The number of fused-ring (bicyclic) bond motifs is 1. The highest BCUT2D eigenvalue weighted by Crippen LogP contribution is 2.31. The molecule has 2 aromatic carbocycles. The SMILES string of the molecule is Cc1cc(I)ccc1Nc1c(C(=O)O)cc2nonc2c1F. The van der Waals surface area contributed by atoms with Crippen LogP contribution >= 0.6 is 22.6 Å². The molecular formula is C14H9FIN3O3. The van der Waals surface area contributed by atoms with Crippen LogP contribution in [0.1, 0.15) is 15.9 Å². The van der Waals surface area contributed by atoms with Crippen LogP contribution in [0, 0.1) is 16.3 Å². The van der Waals surface area contributed by atoms with Gasteiger partial charge in [0, 0.05) is 9.26 Å². The summed E-state index contributed by atoms with van der Waals surface area (Å²) in [7, 11) is 0. The van der Waals surface area contributed by atoms with Gasteiger partial charge in [-0.2, -0.15) is 0 Å². The summed E-state index contributed by atoms with van der Waals surface area (Å²) in [6, 6.07) is 6.72. The van der Waals surface area contributed by atoms with Crippen molar-refractivity contribution in [1.82, 2.24) is 10.3 Å². The minimum absolute atomic E-state index is 0.0554. The van der Waals surface area contributed by atoms with E-state index in [1.807, 2.05) is 19.1 Å². The second-order valence-electron chi connectivity index (χ2n) is 4.63. The van der Waals surface area contributed by atoms with E-state index in [-0.39, 0.29) is 22.3 Å². The third-order valence-corrected chi connectivity index (χ3v) is 3.84. The van der Waals surface area contributed by atoms with Gasteiger partial charge in [-0.15, -0.1) is 0 Å². The van der Waals surface area contributed by atoms with Crippen LogP contribution in [0.4, 0.5) is 15.8 Å². The standard InChI is InChI=1S/C14H9FIN3O3/c1-6-4-7(16)2-3-9(6)17-12-8(14(20)21)5-10-13(11(12)15)19-22-18-10/h2-5,17H,1H3,(H,20,21). The van der Waals surface area contributed by atoms with Crippen LogP contribution in [-0.2, 0) is 0 Å². The largest absolute Gasteiger partial charge is 0.478 e. The number of aryl methyl sites for hydroxylation is 1. The topological polar surface area (TPSA) is 88.2 Å². The zero-order valence-corrected chi connectivity index (χ0v) is 13.4. The molecule has 0 radical (unpaired) electrons. The maximum atomic E-state index is 14.5. The molecule has 0 saturated carbocycles. The smallest absolute Gasteiger partial charge is 0.338 e. The molecule has 0 amide bonds. The maximum Gasteiger partial charge on any atom is 0.338 e. The summed E-state index contributed by atoms with van der Waals surface area (Å²) in [5, 5.41) is 19.1. The molecule has 0 fully saturated rings. The number of rotatable bonds is 3. The van der Waals surface area contributed by atoms with Crippen molar-refractivity contribution in [2.24, 2.45) is 0 Å². The molecule has 0 atom stereocenters. The van der Waals surface area contributed by atoms with Gasteiger partial charge >= 0.3 is 5.97 Å². The summed E-state index contributed by atoms with van der Waals surface area (Å²) in [5.74, 6) is -2.08. The highest BCUT2D eigenvalue weighted by Gasteiger charge is 2.22. The highest BCUT2D eigenvalue weighted by atomic mass is 127. The van der Waals surface area contributed by atoms with E-state index in [1.165, 1.54) is 6.07 Å². The Hall–Kier alpha value is -2.23. The predicted molar refractivity (Wildman–Crippen MR) is 85.9 cm³/mol. The van der Waals surface area contributed by atoms with Crippen molar-refractivity contribution >= 4 is 51.0 Å². The number of nitrogens with zero attached hydrogens (tertiary/aromatic N) is 2. The monoisotopic (exact) mass is 413 g/mol. The molecule has 0 aliphatic rings. The summed E-state index contributed by atoms with van der Waals surface area (Å²) < 4.78 is 20.0. The van der Waals surface area contributed by atoms with Crippen molar-refractivity contribution in [2.75, 3.05) is 5.32 Å². The summed E-state index contributed by atoms with van der Waals surface area (Å²) in [4.78, 5) is 11.4. The van der Waals surface area contributed by atoms with Gasteiger partial charge in [0.25, 0.3) is 0 Å². The van der Waals surface area contributed by atoms with Crippen molar-refractivity contribution in [2.45, 2.75) is 6.92 Å². The lowest BCUT2D eigenvalue weighted by atomic mass is 10.1. The van der Waals surface area contributed by atoms with Gasteiger partial charge in [0.15, 0.2) is 11.3 Å². The van der Waals surface area contributed by atoms with Crippen LogP contribution in [0.2, 0.25) is 0 Å². The molecule has 3 rings (SSSR count). The van der Waals surface area contributed by atoms with Crippen LogP contribution in [0.3, 0.4) is 0 Å². The Labute approximate surface area is 137 Å². The van der Waals surface area contributed by atoms with Crippen LogP contribution in [0.15, 0.2) is 28.9 Å². The first kappa shape index (κ1) is 14.7. The number of halogens is 2. The first-order chi connectivity index (χ1) is 10.5. The molecular weight excluding hydrogens is 404 g/mol. The normalized spacial score (nSPS) is 10.9. The molecule has 0 spiro atoms. The molecule has 8 heteroatoms. The molecule has 6 nitrogen and oxygen atoms in total. The number of anilines is 2. The Morgan fingerprint density at radius 3 is 2.82 bits per heavy atom. The van der Waals surface area contributed by atoms with Gasteiger partial charge in [0.05, 0.1) is 11.3 Å². The summed E-state index contributed by atoms with van der Waals surface area (Å²) in [6.45, 7) is 1.85. The minimum Gasteiger partial charge on any atom is -0.478 e. The fourth-order valence-electron chi connectivity index (χ4n) is 2.08. The summed E-state index contributed by atoms with van der Waals surface area (Å²) in [5.41, 5.74) is 1.01. The quantitative estimate of drug-likeness (QED) is 0.637. The van der Waals surface area contributed by atoms with Crippen molar-refractivity contribution in [3.63, 3.8) is 0 Å². The van der Waals surface area contributed by atoms with Crippen molar-refractivity contribution in [3.05, 3.63) is 44.8 Å². The molecule has 1 heterocycles. The van der Waals surface area contributed by atoms with Crippen molar-refractivity contribution in [3.8, 4) is 0 Å². The van der Waals surface area contributed by atoms with E-state index in [1.54, 1.807) is 6.07 Å². The Bertz CT molecular complexity index is 894. The summed E-state index contributed by atoms with van der Waals surface area (Å²) >= 11 is 2.16. The second kappa shape index (κ2) is 5.52. The Morgan fingerprint density at radius 1 is 1.36 bits per heavy atom. The molecule has 1 aromatic heterocycles. The van der Waals surface area contributed by atoms with E-state index in [0.29, 0.717) is 5.69 Å². The van der Waals surface area contributed by atoms with E-state index in [9.17, 15) is 14.3 Å². The number of aromatic nitrogens is 2. The van der Waals surface area contributed by atoms with Gasteiger partial charge in [-0.25, -0.2) is 13.8 Å². The maximum absolute atomic E-state index is 14.5. The first-order valence-corrected chi connectivity index (χ1v) is 7.26. The van der Waals surface area contributed by atoms with E-state index in [0.717, 1.165) is 9.13 Å². The first-order valence-electron chi connectivity index (χ1n) is 6.18. The van der Waals surface area contributed by atoms with Gasteiger partial charge in [-0.05, 0) is 69.7 Å². The van der Waals surface area contributed by atoms with Gasteiger partial charge in [-0.3, -0.25) is 0 Å². The number of carbonyl (C=O) groups is 1. The van der Waals surface area contributed by atoms with Crippen molar-refractivity contribution < 1.29 is 18.9 Å². The number of hydrogen-bond donors (Lipinski definition) is 2. The lowest BCUT2D eigenvalue weighted by molar-refractivity contribution is 0.0697. The van der Waals surface area contributed by atoms with Gasteiger partial charge in [0.2, 0.25) is 0 Å². The van der Waals surface area contributed by atoms with E-state index in [4.69, 9.17) is 0 Å². The van der Waals surface area contributed by atoms with Crippen LogP contribution < -0.4 is 5.32 Å². The fraction of sp³-hybridized carbons (Fsp3) is 0.0714. The molecule has 0 bridgehead atoms. The molecule has 0 saturated heterocycles. The Balaban J connectivity index is 2.18. The van der Waals surface area contributed by atoms with Crippen LogP contribution in [0.25, 0.3) is 11.0 Å². The van der Waals surface area contributed by atoms with Crippen LogP contribution in [0.5, 0.6) is 0 Å².